The van der Waals surface area contributed by atoms with Crippen LogP contribution in [-0.2, 0) is 4.57 Å². The standard InChI is InChI=1S/C14H29.Ce.H3O4P/c1-3-5-7-9-11-13-14-12-10-8-6-4-2;;1-5(2,3)4/h1,3-14H2,2H3;;(H3,1,2,3,4)/q-1;+4;/p-3. The second-order valence-electron chi connectivity index (χ2n) is 4.84. The molecule has 0 spiro atoms. The summed E-state index contributed by atoms with van der Waals surface area (Å²) < 4.78 is 8.55. The van der Waals surface area contributed by atoms with Crippen LogP contribution in [0.25, 0.3) is 0 Å². The molecule has 0 unspecified atom stereocenters. The SMILES string of the molecule is O=P([O-])([O-])[O-].[CH2-]CCCCCCCCCCCCC.[Ce+4]. The largest absolute Gasteiger partial charge is 4.00 e. The maximum absolute atomic E-state index is 8.55. The summed E-state index contributed by atoms with van der Waals surface area (Å²) in [5, 5.41) is 0. The van der Waals surface area contributed by atoms with Gasteiger partial charge < -0.3 is 26.2 Å². The molecule has 0 aliphatic carbocycles. The molecule has 0 atom stereocenters. The first kappa shape index (κ1) is 26.4. The Morgan fingerprint density at radius 3 is 1.25 bits per heavy atom. The molecule has 0 aliphatic heterocycles. The minimum atomic E-state index is -5.39. The molecule has 0 aromatic rings. The van der Waals surface area contributed by atoms with Crippen molar-refractivity contribution in [3.63, 3.8) is 0 Å². The average molecular weight is 432 g/mol. The molecule has 0 amide bonds. The Bertz CT molecular complexity index is 189. The van der Waals surface area contributed by atoms with Crippen molar-refractivity contribution in [1.82, 2.24) is 0 Å². The molecule has 0 bridgehead atoms. The Morgan fingerprint density at radius 2 is 1.00 bits per heavy atom. The Balaban J connectivity index is -0.000000414. The second-order valence-corrected chi connectivity index (χ2v) is 5.73. The minimum absolute atomic E-state index is 0. The molecule has 4 nitrogen and oxygen atoms in total. The van der Waals surface area contributed by atoms with Gasteiger partial charge >= 0.3 is 41.7 Å². The van der Waals surface area contributed by atoms with Crippen LogP contribution in [0, 0.1) is 48.7 Å². The van der Waals surface area contributed by atoms with E-state index in [4.69, 9.17) is 19.2 Å². The first-order valence-electron chi connectivity index (χ1n) is 7.44. The van der Waals surface area contributed by atoms with Crippen LogP contribution in [0.2, 0.25) is 0 Å². The zero-order valence-corrected chi connectivity index (χ0v) is 16.8. The number of rotatable bonds is 11. The Hall–Kier alpha value is 1.49. The Labute approximate surface area is 158 Å². The molecule has 0 rings (SSSR count). The van der Waals surface area contributed by atoms with Crippen molar-refractivity contribution >= 4 is 7.82 Å². The Morgan fingerprint density at radius 1 is 0.750 bits per heavy atom. The molecule has 118 valence electrons. The minimum Gasteiger partial charge on any atom is -0.822 e. The third-order valence-corrected chi connectivity index (χ3v) is 2.85. The summed E-state index contributed by atoms with van der Waals surface area (Å²) in [6.07, 6.45) is 16.9. The van der Waals surface area contributed by atoms with E-state index in [0.29, 0.717) is 0 Å². The molecule has 0 fully saturated rings. The fourth-order valence-corrected chi connectivity index (χ4v) is 1.84. The average Bonchev–Trinajstić information content (AvgIpc) is 2.29. The quantitative estimate of drug-likeness (QED) is 0.285. The van der Waals surface area contributed by atoms with Crippen LogP contribution in [0.15, 0.2) is 0 Å². The van der Waals surface area contributed by atoms with Crippen molar-refractivity contribution < 1.29 is 61.0 Å². The van der Waals surface area contributed by atoms with Gasteiger partial charge in [-0.2, -0.15) is 14.2 Å². The number of hydrogen-bond donors (Lipinski definition) is 0. The summed E-state index contributed by atoms with van der Waals surface area (Å²) in [5.41, 5.74) is 0. The predicted molar refractivity (Wildman–Crippen MR) is 74.0 cm³/mol. The van der Waals surface area contributed by atoms with Gasteiger partial charge in [-0.25, -0.2) is 0 Å². The van der Waals surface area contributed by atoms with E-state index in [-0.39, 0.29) is 41.7 Å². The van der Waals surface area contributed by atoms with Crippen LogP contribution in [0.4, 0.5) is 0 Å². The zero-order valence-electron chi connectivity index (χ0n) is 12.8. The van der Waals surface area contributed by atoms with Gasteiger partial charge in [-0.1, -0.05) is 77.6 Å². The van der Waals surface area contributed by atoms with Crippen LogP contribution in [0.1, 0.15) is 84.0 Å². The summed E-state index contributed by atoms with van der Waals surface area (Å²) in [6.45, 7) is 6.14. The van der Waals surface area contributed by atoms with Crippen molar-refractivity contribution in [2.24, 2.45) is 0 Å². The molecule has 0 N–H and O–H groups in total. The second kappa shape index (κ2) is 20.5. The van der Waals surface area contributed by atoms with Gasteiger partial charge in [0, 0.05) is 0 Å². The maximum Gasteiger partial charge on any atom is 4.00 e. The van der Waals surface area contributed by atoms with E-state index >= 15 is 0 Å². The van der Waals surface area contributed by atoms with Crippen LogP contribution in [0.5, 0.6) is 0 Å². The zero-order chi connectivity index (χ0) is 15.0. The molecule has 0 radical (unpaired) electrons. The third kappa shape index (κ3) is 42.7. The van der Waals surface area contributed by atoms with Gasteiger partial charge in [0.05, 0.1) is 0 Å². The van der Waals surface area contributed by atoms with Crippen LogP contribution in [-0.4, -0.2) is 0 Å². The van der Waals surface area contributed by atoms with Crippen molar-refractivity contribution in [3.8, 4) is 0 Å². The van der Waals surface area contributed by atoms with E-state index in [1.165, 1.54) is 70.6 Å². The fourth-order valence-electron chi connectivity index (χ4n) is 1.84. The van der Waals surface area contributed by atoms with Crippen LogP contribution in [0.3, 0.4) is 0 Å². The molecular formula is C14H29CeO4P. The van der Waals surface area contributed by atoms with Crippen molar-refractivity contribution in [2.75, 3.05) is 0 Å². The molecule has 0 saturated carbocycles. The normalized spacial score (nSPS) is 10.4. The first-order chi connectivity index (χ1) is 8.91. The van der Waals surface area contributed by atoms with Gasteiger partial charge in [-0.05, 0) is 0 Å². The summed E-state index contributed by atoms with van der Waals surface area (Å²) in [7, 11) is -5.39. The van der Waals surface area contributed by atoms with E-state index in [9.17, 15) is 0 Å². The molecule has 20 heavy (non-hydrogen) atoms. The van der Waals surface area contributed by atoms with Crippen LogP contribution >= 0.6 is 7.82 Å². The molecule has 0 aromatic carbocycles. The third-order valence-electron chi connectivity index (χ3n) is 2.85. The molecule has 0 aliphatic rings. The van der Waals surface area contributed by atoms with E-state index in [1.807, 2.05) is 0 Å². The fraction of sp³-hybridized carbons (Fsp3) is 0.929. The maximum atomic E-state index is 8.55. The molecule has 0 heterocycles. The number of phosphoric acid groups is 1. The summed E-state index contributed by atoms with van der Waals surface area (Å²) in [4.78, 5) is 25.6. The summed E-state index contributed by atoms with van der Waals surface area (Å²) in [6, 6.07) is 0. The molecule has 0 aromatic heterocycles. The molecule has 6 heteroatoms. The first-order valence-corrected chi connectivity index (χ1v) is 8.90. The smallest absolute Gasteiger partial charge is 0.822 e. The predicted octanol–water partition coefficient (Wildman–Crippen LogP) is 2.70. The van der Waals surface area contributed by atoms with Crippen molar-refractivity contribution in [3.05, 3.63) is 6.92 Å². The topological polar surface area (TPSA) is 86.2 Å². The van der Waals surface area contributed by atoms with Crippen molar-refractivity contribution in [2.45, 2.75) is 84.0 Å². The van der Waals surface area contributed by atoms with E-state index in [0.717, 1.165) is 6.42 Å². The van der Waals surface area contributed by atoms with E-state index < -0.39 is 7.82 Å². The van der Waals surface area contributed by atoms with Gasteiger partial charge in [0.2, 0.25) is 0 Å². The molecular weight excluding hydrogens is 403 g/mol. The van der Waals surface area contributed by atoms with Crippen LogP contribution < -0.4 is 14.7 Å². The summed E-state index contributed by atoms with van der Waals surface area (Å²) in [5.74, 6) is 0. The van der Waals surface area contributed by atoms with Gasteiger partial charge in [-0.15, -0.1) is 0 Å². The van der Waals surface area contributed by atoms with E-state index in [1.54, 1.807) is 0 Å². The van der Waals surface area contributed by atoms with E-state index in [2.05, 4.69) is 13.8 Å². The van der Waals surface area contributed by atoms with Crippen molar-refractivity contribution in [1.29, 1.82) is 0 Å². The van der Waals surface area contributed by atoms with Gasteiger partial charge in [-0.3, -0.25) is 0 Å². The summed E-state index contributed by atoms with van der Waals surface area (Å²) >= 11 is 0. The van der Waals surface area contributed by atoms with Gasteiger partial charge in [0.1, 0.15) is 0 Å². The van der Waals surface area contributed by atoms with Gasteiger partial charge in [0.15, 0.2) is 0 Å². The Kier molecular flexibility index (Phi) is 27.0. The number of hydrogen-bond acceptors (Lipinski definition) is 4. The van der Waals surface area contributed by atoms with Gasteiger partial charge in [0.25, 0.3) is 0 Å². The molecule has 0 saturated heterocycles. The number of unbranched alkanes of at least 4 members (excludes halogenated alkanes) is 11. The monoisotopic (exact) mass is 432 g/mol.